The zero-order valence-electron chi connectivity index (χ0n) is 9.29. The first-order valence-corrected chi connectivity index (χ1v) is 5.11. The van der Waals surface area contributed by atoms with Crippen LogP contribution in [-0.4, -0.2) is 41.1 Å². The smallest absolute Gasteiger partial charge is 0.406 e. The number of carbonyl (C=O) groups is 1. The Balaban J connectivity index is 2.81. The summed E-state index contributed by atoms with van der Waals surface area (Å²) in [6.07, 6.45) is -3.82. The molecular formula is C9H14F3N3O2. The molecule has 1 aliphatic carbocycles. The lowest BCUT2D eigenvalue weighted by Gasteiger charge is -2.26. The van der Waals surface area contributed by atoms with Gasteiger partial charge in [-0.2, -0.15) is 13.2 Å². The van der Waals surface area contributed by atoms with E-state index in [2.05, 4.69) is 5.16 Å². The van der Waals surface area contributed by atoms with E-state index < -0.39 is 24.0 Å². The number of alkyl halides is 3. The highest BCUT2D eigenvalue weighted by Crippen LogP contribution is 2.47. The number of oxime groups is 1. The van der Waals surface area contributed by atoms with E-state index in [0.717, 1.165) is 0 Å². The molecule has 0 aromatic carbocycles. The van der Waals surface area contributed by atoms with Crippen molar-refractivity contribution < 1.29 is 23.2 Å². The van der Waals surface area contributed by atoms with Gasteiger partial charge in [-0.15, -0.1) is 0 Å². The minimum Gasteiger partial charge on any atom is -0.409 e. The fourth-order valence-corrected chi connectivity index (χ4v) is 1.65. The summed E-state index contributed by atoms with van der Waals surface area (Å²) < 4.78 is 36.7. The maximum Gasteiger partial charge on any atom is 0.406 e. The molecule has 0 radical (unpaired) electrons. The molecule has 0 spiro atoms. The molecular weight excluding hydrogens is 239 g/mol. The molecule has 8 heteroatoms. The Bertz CT molecular complexity index is 337. The summed E-state index contributed by atoms with van der Waals surface area (Å²) in [6, 6.07) is 0. The second-order valence-corrected chi connectivity index (χ2v) is 4.00. The lowest BCUT2D eigenvalue weighted by molar-refractivity contribution is -0.162. The summed E-state index contributed by atoms with van der Waals surface area (Å²) in [4.78, 5) is 12.6. The summed E-state index contributed by atoms with van der Waals surface area (Å²) in [5.74, 6) is -1.05. The zero-order chi connectivity index (χ0) is 13.3. The molecule has 1 aliphatic rings. The van der Waals surface area contributed by atoms with Crippen molar-refractivity contribution in [2.24, 2.45) is 16.3 Å². The molecule has 0 aromatic rings. The molecule has 1 rings (SSSR count). The monoisotopic (exact) mass is 253 g/mol. The third-order valence-electron chi connectivity index (χ3n) is 2.80. The number of nitrogens with two attached hydrogens (primary N) is 1. The number of hydrogen-bond donors (Lipinski definition) is 2. The van der Waals surface area contributed by atoms with Gasteiger partial charge in [0.25, 0.3) is 0 Å². The van der Waals surface area contributed by atoms with Gasteiger partial charge < -0.3 is 15.8 Å². The molecule has 17 heavy (non-hydrogen) atoms. The molecule has 0 heterocycles. The van der Waals surface area contributed by atoms with Crippen molar-refractivity contribution in [1.82, 2.24) is 4.90 Å². The van der Waals surface area contributed by atoms with Gasteiger partial charge >= 0.3 is 6.18 Å². The van der Waals surface area contributed by atoms with Gasteiger partial charge in [0, 0.05) is 6.54 Å². The Hall–Kier alpha value is -1.47. The SMILES string of the molecule is CCN(CC(F)(F)F)C(=O)C1(C(N)=NO)CC1. The molecule has 0 saturated heterocycles. The van der Waals surface area contributed by atoms with E-state index in [4.69, 9.17) is 10.9 Å². The van der Waals surface area contributed by atoms with Crippen LogP contribution in [0.15, 0.2) is 5.16 Å². The number of amidine groups is 1. The number of halogens is 3. The normalized spacial score (nSPS) is 18.9. The van der Waals surface area contributed by atoms with Gasteiger partial charge in [-0.3, -0.25) is 4.79 Å². The molecule has 1 saturated carbocycles. The molecule has 1 amide bonds. The van der Waals surface area contributed by atoms with Gasteiger partial charge in [0.1, 0.15) is 12.0 Å². The summed E-state index contributed by atoms with van der Waals surface area (Å²) in [5, 5.41) is 11.2. The lowest BCUT2D eigenvalue weighted by Crippen LogP contribution is -2.47. The van der Waals surface area contributed by atoms with Crippen LogP contribution in [0.1, 0.15) is 19.8 Å². The molecule has 0 aliphatic heterocycles. The van der Waals surface area contributed by atoms with Gasteiger partial charge in [-0.25, -0.2) is 0 Å². The van der Waals surface area contributed by atoms with Crippen molar-refractivity contribution in [2.75, 3.05) is 13.1 Å². The van der Waals surface area contributed by atoms with Crippen LogP contribution < -0.4 is 5.73 Å². The van der Waals surface area contributed by atoms with Gasteiger partial charge in [0.15, 0.2) is 5.84 Å². The quantitative estimate of drug-likeness (QED) is 0.338. The van der Waals surface area contributed by atoms with Crippen molar-refractivity contribution in [3.05, 3.63) is 0 Å². The molecule has 0 aromatic heterocycles. The van der Waals surface area contributed by atoms with Gasteiger partial charge in [-0.1, -0.05) is 5.16 Å². The third kappa shape index (κ3) is 2.80. The Labute approximate surface area is 96.1 Å². The van der Waals surface area contributed by atoms with Crippen molar-refractivity contribution in [3.63, 3.8) is 0 Å². The van der Waals surface area contributed by atoms with Crippen LogP contribution in [-0.2, 0) is 4.79 Å². The van der Waals surface area contributed by atoms with E-state index in [0.29, 0.717) is 17.7 Å². The molecule has 98 valence electrons. The van der Waals surface area contributed by atoms with E-state index in [1.807, 2.05) is 0 Å². The van der Waals surface area contributed by atoms with Gasteiger partial charge in [-0.05, 0) is 19.8 Å². The molecule has 0 atom stereocenters. The maximum atomic E-state index is 12.2. The van der Waals surface area contributed by atoms with Crippen LogP contribution in [0.25, 0.3) is 0 Å². The average Bonchev–Trinajstić information content (AvgIpc) is 3.03. The highest BCUT2D eigenvalue weighted by molar-refractivity contribution is 6.09. The number of nitrogens with zero attached hydrogens (tertiary/aromatic N) is 2. The first-order chi connectivity index (χ1) is 7.77. The minimum absolute atomic E-state index is 0.0706. The van der Waals surface area contributed by atoms with E-state index in [1.165, 1.54) is 6.92 Å². The second kappa shape index (κ2) is 4.42. The van der Waals surface area contributed by atoms with Crippen molar-refractivity contribution >= 4 is 11.7 Å². The maximum absolute atomic E-state index is 12.2. The Morgan fingerprint density at radius 1 is 1.53 bits per heavy atom. The van der Waals surface area contributed by atoms with E-state index >= 15 is 0 Å². The zero-order valence-corrected chi connectivity index (χ0v) is 9.29. The molecule has 1 fully saturated rings. The molecule has 0 bridgehead atoms. The summed E-state index contributed by atoms with van der Waals surface area (Å²) >= 11 is 0. The van der Waals surface area contributed by atoms with Crippen molar-refractivity contribution in [3.8, 4) is 0 Å². The van der Waals surface area contributed by atoms with E-state index in [1.54, 1.807) is 0 Å². The summed E-state index contributed by atoms with van der Waals surface area (Å²) in [6.45, 7) is 0.0631. The molecule has 3 N–H and O–H groups in total. The first-order valence-electron chi connectivity index (χ1n) is 5.11. The van der Waals surface area contributed by atoms with E-state index in [-0.39, 0.29) is 12.4 Å². The predicted octanol–water partition coefficient (Wildman–Crippen LogP) is 0.924. The number of carbonyl (C=O) groups excluding carboxylic acids is 1. The van der Waals surface area contributed by atoms with Crippen LogP contribution in [0, 0.1) is 5.41 Å². The molecule has 5 nitrogen and oxygen atoms in total. The Kier molecular flexibility index (Phi) is 3.53. The number of hydrogen-bond acceptors (Lipinski definition) is 3. The number of rotatable bonds is 4. The Morgan fingerprint density at radius 2 is 2.06 bits per heavy atom. The topological polar surface area (TPSA) is 78.9 Å². The summed E-state index contributed by atoms with van der Waals surface area (Å²) in [7, 11) is 0. The van der Waals surface area contributed by atoms with Crippen LogP contribution >= 0.6 is 0 Å². The standard InChI is InChI=1S/C9H14F3N3O2/c1-2-15(5-9(10,11)12)7(16)8(3-4-8)6(13)14-17/h17H,2-5H2,1H3,(H2,13,14). The van der Waals surface area contributed by atoms with E-state index in [9.17, 15) is 18.0 Å². The van der Waals surface area contributed by atoms with Crippen molar-refractivity contribution in [1.29, 1.82) is 0 Å². The van der Waals surface area contributed by atoms with Crippen LogP contribution in [0.4, 0.5) is 13.2 Å². The number of amides is 1. The Morgan fingerprint density at radius 3 is 2.35 bits per heavy atom. The first kappa shape index (κ1) is 13.6. The van der Waals surface area contributed by atoms with Crippen molar-refractivity contribution in [2.45, 2.75) is 25.9 Å². The summed E-state index contributed by atoms with van der Waals surface area (Å²) in [5.41, 5.74) is 4.12. The van der Waals surface area contributed by atoms with Gasteiger partial charge in [0.2, 0.25) is 5.91 Å². The molecule has 0 unspecified atom stereocenters. The van der Waals surface area contributed by atoms with Crippen LogP contribution in [0.5, 0.6) is 0 Å². The average molecular weight is 253 g/mol. The predicted molar refractivity (Wildman–Crippen MR) is 53.4 cm³/mol. The fraction of sp³-hybridized carbons (Fsp3) is 0.778. The second-order valence-electron chi connectivity index (χ2n) is 4.00. The van der Waals surface area contributed by atoms with Crippen LogP contribution in [0.2, 0.25) is 0 Å². The van der Waals surface area contributed by atoms with Crippen LogP contribution in [0.3, 0.4) is 0 Å². The van der Waals surface area contributed by atoms with Gasteiger partial charge in [0.05, 0.1) is 0 Å². The minimum atomic E-state index is -4.45. The fourth-order valence-electron chi connectivity index (χ4n) is 1.65. The third-order valence-corrected chi connectivity index (χ3v) is 2.80. The highest BCUT2D eigenvalue weighted by atomic mass is 19.4. The highest BCUT2D eigenvalue weighted by Gasteiger charge is 2.56. The lowest BCUT2D eigenvalue weighted by atomic mass is 10.0. The largest absolute Gasteiger partial charge is 0.409 e.